The van der Waals surface area contributed by atoms with E-state index in [0.717, 1.165) is 19.3 Å². The van der Waals surface area contributed by atoms with Crippen LogP contribution in [0.3, 0.4) is 0 Å². The third-order valence-electron chi connectivity index (χ3n) is 3.43. The first-order valence-electron chi connectivity index (χ1n) is 6.65. The zero-order valence-electron chi connectivity index (χ0n) is 11.2. The van der Waals surface area contributed by atoms with E-state index in [4.69, 9.17) is 10.5 Å². The van der Waals surface area contributed by atoms with E-state index in [1.807, 2.05) is 13.8 Å². The van der Waals surface area contributed by atoms with Crippen molar-refractivity contribution in [2.24, 2.45) is 17.6 Å². The summed E-state index contributed by atoms with van der Waals surface area (Å²) >= 11 is 0. The van der Waals surface area contributed by atoms with Gasteiger partial charge in [-0.15, -0.1) is 0 Å². The summed E-state index contributed by atoms with van der Waals surface area (Å²) in [7, 11) is 0. The lowest BCUT2D eigenvalue weighted by Gasteiger charge is -2.31. The van der Waals surface area contributed by atoms with Crippen molar-refractivity contribution in [2.75, 3.05) is 13.2 Å². The van der Waals surface area contributed by atoms with Gasteiger partial charge >= 0.3 is 0 Å². The summed E-state index contributed by atoms with van der Waals surface area (Å²) in [5, 5.41) is 2.94. The number of nitrogens with two attached hydrogens (primary N) is 1. The molecule has 0 saturated heterocycles. The number of hydrogen-bond acceptors (Lipinski definition) is 3. The van der Waals surface area contributed by atoms with Gasteiger partial charge in [0.1, 0.15) is 0 Å². The maximum absolute atomic E-state index is 12.0. The summed E-state index contributed by atoms with van der Waals surface area (Å²) in [6, 6.07) is 0.189. The van der Waals surface area contributed by atoms with Gasteiger partial charge in [-0.05, 0) is 39.0 Å². The molecule has 100 valence electrons. The minimum atomic E-state index is 0.0813. The minimum absolute atomic E-state index is 0.0813. The maximum Gasteiger partial charge on any atom is 0.223 e. The van der Waals surface area contributed by atoms with E-state index in [1.54, 1.807) is 0 Å². The molecule has 0 spiro atoms. The zero-order valence-corrected chi connectivity index (χ0v) is 11.2. The highest BCUT2D eigenvalue weighted by Gasteiger charge is 2.30. The van der Waals surface area contributed by atoms with Crippen molar-refractivity contribution in [2.45, 2.75) is 52.2 Å². The molecule has 0 aromatic rings. The predicted molar refractivity (Wildman–Crippen MR) is 68.6 cm³/mol. The molecule has 0 bridgehead atoms. The lowest BCUT2D eigenvalue weighted by molar-refractivity contribution is -0.128. The SMILES string of the molecule is CC(C)OCCNC(=O)C1CC(N)CCC1C. The van der Waals surface area contributed by atoms with Gasteiger partial charge in [0.15, 0.2) is 0 Å². The van der Waals surface area contributed by atoms with Gasteiger partial charge in [-0.2, -0.15) is 0 Å². The molecule has 0 aromatic heterocycles. The third-order valence-corrected chi connectivity index (χ3v) is 3.43. The fourth-order valence-electron chi connectivity index (χ4n) is 2.32. The minimum Gasteiger partial charge on any atom is -0.377 e. The summed E-state index contributed by atoms with van der Waals surface area (Å²) in [5.74, 6) is 0.665. The zero-order chi connectivity index (χ0) is 12.8. The monoisotopic (exact) mass is 242 g/mol. The third kappa shape index (κ3) is 5.04. The summed E-state index contributed by atoms with van der Waals surface area (Å²) in [6.45, 7) is 7.29. The van der Waals surface area contributed by atoms with Crippen LogP contribution in [0.1, 0.15) is 40.0 Å². The van der Waals surface area contributed by atoms with Crippen LogP contribution in [0.25, 0.3) is 0 Å². The topological polar surface area (TPSA) is 64.3 Å². The summed E-state index contributed by atoms with van der Waals surface area (Å²) in [5.41, 5.74) is 5.92. The fourth-order valence-corrected chi connectivity index (χ4v) is 2.32. The predicted octanol–water partition coefficient (Wildman–Crippen LogP) is 1.29. The highest BCUT2D eigenvalue weighted by Crippen LogP contribution is 2.28. The van der Waals surface area contributed by atoms with Gasteiger partial charge in [0.25, 0.3) is 0 Å². The van der Waals surface area contributed by atoms with E-state index in [-0.39, 0.29) is 24.0 Å². The van der Waals surface area contributed by atoms with E-state index < -0.39 is 0 Å². The Bertz CT molecular complexity index is 244. The molecule has 1 aliphatic carbocycles. The number of hydrogen-bond donors (Lipinski definition) is 2. The summed E-state index contributed by atoms with van der Waals surface area (Å²) in [6.07, 6.45) is 3.13. The number of nitrogens with one attached hydrogen (secondary N) is 1. The number of carbonyl (C=O) groups is 1. The van der Waals surface area contributed by atoms with Crippen LogP contribution in [-0.4, -0.2) is 31.2 Å². The van der Waals surface area contributed by atoms with Gasteiger partial charge in [-0.25, -0.2) is 0 Å². The standard InChI is InChI=1S/C13H26N2O2/c1-9(2)17-7-6-15-13(16)12-8-11(14)5-4-10(12)3/h9-12H,4-8,14H2,1-3H3,(H,15,16). The van der Waals surface area contributed by atoms with Crippen LogP contribution in [0.4, 0.5) is 0 Å². The molecule has 0 heterocycles. The Morgan fingerprint density at radius 3 is 2.82 bits per heavy atom. The molecule has 1 saturated carbocycles. The molecule has 1 rings (SSSR count). The number of carbonyl (C=O) groups excluding carboxylic acids is 1. The van der Waals surface area contributed by atoms with E-state index in [1.165, 1.54) is 0 Å². The van der Waals surface area contributed by atoms with Crippen molar-refractivity contribution in [3.05, 3.63) is 0 Å². The molecule has 3 atom stereocenters. The lowest BCUT2D eigenvalue weighted by Crippen LogP contribution is -2.42. The second-order valence-corrected chi connectivity index (χ2v) is 5.37. The van der Waals surface area contributed by atoms with Crippen LogP contribution in [0, 0.1) is 11.8 Å². The summed E-state index contributed by atoms with van der Waals surface area (Å²) < 4.78 is 5.39. The van der Waals surface area contributed by atoms with Crippen molar-refractivity contribution in [3.63, 3.8) is 0 Å². The molecule has 0 aliphatic heterocycles. The molecule has 4 heteroatoms. The van der Waals surface area contributed by atoms with Crippen LogP contribution in [-0.2, 0) is 9.53 Å². The van der Waals surface area contributed by atoms with Crippen molar-refractivity contribution >= 4 is 5.91 Å². The fraction of sp³-hybridized carbons (Fsp3) is 0.923. The Balaban J connectivity index is 2.26. The normalized spacial score (nSPS) is 29.4. The number of ether oxygens (including phenoxy) is 1. The van der Waals surface area contributed by atoms with Gasteiger partial charge in [0, 0.05) is 18.5 Å². The van der Waals surface area contributed by atoms with Crippen LogP contribution in [0.2, 0.25) is 0 Å². The smallest absolute Gasteiger partial charge is 0.223 e. The van der Waals surface area contributed by atoms with Gasteiger partial charge < -0.3 is 15.8 Å². The molecule has 1 aliphatic rings. The highest BCUT2D eigenvalue weighted by atomic mass is 16.5. The van der Waals surface area contributed by atoms with E-state index >= 15 is 0 Å². The lowest BCUT2D eigenvalue weighted by atomic mass is 9.78. The Hall–Kier alpha value is -0.610. The summed E-state index contributed by atoms with van der Waals surface area (Å²) in [4.78, 5) is 12.0. The largest absolute Gasteiger partial charge is 0.377 e. The highest BCUT2D eigenvalue weighted by molar-refractivity contribution is 5.79. The second-order valence-electron chi connectivity index (χ2n) is 5.37. The van der Waals surface area contributed by atoms with Crippen molar-refractivity contribution < 1.29 is 9.53 Å². The van der Waals surface area contributed by atoms with Crippen molar-refractivity contribution in [3.8, 4) is 0 Å². The van der Waals surface area contributed by atoms with Crippen LogP contribution >= 0.6 is 0 Å². The molecule has 3 N–H and O–H groups in total. The van der Waals surface area contributed by atoms with Gasteiger partial charge in [0.05, 0.1) is 12.7 Å². The van der Waals surface area contributed by atoms with Gasteiger partial charge in [-0.1, -0.05) is 6.92 Å². The van der Waals surface area contributed by atoms with Gasteiger partial charge in [-0.3, -0.25) is 4.79 Å². The molecule has 1 amide bonds. The van der Waals surface area contributed by atoms with Gasteiger partial charge in [0.2, 0.25) is 5.91 Å². The first-order chi connectivity index (χ1) is 8.00. The van der Waals surface area contributed by atoms with Crippen LogP contribution in [0.5, 0.6) is 0 Å². The molecule has 4 nitrogen and oxygen atoms in total. The maximum atomic E-state index is 12.0. The Morgan fingerprint density at radius 2 is 2.18 bits per heavy atom. The molecular weight excluding hydrogens is 216 g/mol. The second kappa shape index (κ2) is 6.97. The average molecular weight is 242 g/mol. The molecule has 1 fully saturated rings. The Kier molecular flexibility index (Phi) is 5.92. The van der Waals surface area contributed by atoms with E-state index in [2.05, 4.69) is 12.2 Å². The van der Waals surface area contributed by atoms with E-state index in [0.29, 0.717) is 19.1 Å². The van der Waals surface area contributed by atoms with Crippen molar-refractivity contribution in [1.29, 1.82) is 0 Å². The number of rotatable bonds is 5. The average Bonchev–Trinajstić information content (AvgIpc) is 2.27. The first kappa shape index (κ1) is 14.5. The van der Waals surface area contributed by atoms with E-state index in [9.17, 15) is 4.79 Å². The molecule has 17 heavy (non-hydrogen) atoms. The van der Waals surface area contributed by atoms with Crippen molar-refractivity contribution in [1.82, 2.24) is 5.32 Å². The Labute approximate surface area is 104 Å². The Morgan fingerprint density at radius 1 is 1.47 bits per heavy atom. The van der Waals surface area contributed by atoms with Crippen LogP contribution in [0.15, 0.2) is 0 Å². The first-order valence-corrected chi connectivity index (χ1v) is 6.65. The molecule has 3 unspecified atom stereocenters. The van der Waals surface area contributed by atoms with Crippen LogP contribution < -0.4 is 11.1 Å². The quantitative estimate of drug-likeness (QED) is 0.714. The molecule has 0 aromatic carbocycles. The molecular formula is C13H26N2O2. The molecule has 0 radical (unpaired) electrons. The number of amides is 1.